The van der Waals surface area contributed by atoms with Gasteiger partial charge in [-0.15, -0.1) is 0 Å². The number of nitrogens with zero attached hydrogens (tertiary/aromatic N) is 2. The number of rotatable bonds is 3. The second kappa shape index (κ2) is 8.19. The van der Waals surface area contributed by atoms with Crippen molar-refractivity contribution in [3.8, 4) is 0 Å². The number of carbonyl (C=O) groups is 1. The van der Waals surface area contributed by atoms with E-state index in [2.05, 4.69) is 65.6 Å². The maximum Gasteiger partial charge on any atom is 0.410 e. The first-order valence-corrected chi connectivity index (χ1v) is 10.8. The van der Waals surface area contributed by atoms with Crippen LogP contribution in [0, 0.1) is 5.92 Å². The molecule has 2 saturated heterocycles. The fraction of sp³-hybridized carbons (Fsp3) is 0.480. The molecule has 1 amide bonds. The van der Waals surface area contributed by atoms with Gasteiger partial charge in [0.15, 0.2) is 0 Å². The zero-order chi connectivity index (χ0) is 20.4. The van der Waals surface area contributed by atoms with Crippen molar-refractivity contribution in [3.63, 3.8) is 0 Å². The lowest BCUT2D eigenvalue weighted by atomic mass is 9.92. The summed E-state index contributed by atoms with van der Waals surface area (Å²) in [6, 6.07) is 21.9. The van der Waals surface area contributed by atoms with E-state index in [1.165, 1.54) is 17.5 Å². The number of likely N-dealkylation sites (tertiary alicyclic amines) is 2. The van der Waals surface area contributed by atoms with Gasteiger partial charge in [0.25, 0.3) is 0 Å². The van der Waals surface area contributed by atoms with E-state index in [1.54, 1.807) is 0 Å². The SMILES string of the molecule is CC(C)(C)OC(=O)N1CCC[C@H]2CN(C(c3ccccc3)c3ccccc3)C[C@H]21. The first-order chi connectivity index (χ1) is 13.9. The normalized spacial score (nSPS) is 22.6. The maximum absolute atomic E-state index is 12.9. The Morgan fingerprint density at radius 2 is 1.55 bits per heavy atom. The first-order valence-electron chi connectivity index (χ1n) is 10.8. The molecule has 0 radical (unpaired) electrons. The highest BCUT2D eigenvalue weighted by Crippen LogP contribution is 2.38. The molecule has 0 bridgehead atoms. The number of piperidine rings is 1. The van der Waals surface area contributed by atoms with E-state index in [4.69, 9.17) is 4.74 Å². The van der Waals surface area contributed by atoms with E-state index in [-0.39, 0.29) is 18.2 Å². The number of fused-ring (bicyclic) bond motifs is 1. The first kappa shape index (κ1) is 20.0. The van der Waals surface area contributed by atoms with Crippen LogP contribution < -0.4 is 0 Å². The van der Waals surface area contributed by atoms with Crippen molar-refractivity contribution < 1.29 is 9.53 Å². The summed E-state index contributed by atoms with van der Waals surface area (Å²) in [6.45, 7) is 8.51. The zero-order valence-corrected chi connectivity index (χ0v) is 17.8. The van der Waals surface area contributed by atoms with Gasteiger partial charge in [-0.1, -0.05) is 60.7 Å². The van der Waals surface area contributed by atoms with Crippen molar-refractivity contribution in [2.45, 2.75) is 51.3 Å². The summed E-state index contributed by atoms with van der Waals surface area (Å²) in [5, 5.41) is 0. The third kappa shape index (κ3) is 4.48. The molecule has 2 fully saturated rings. The Labute approximate surface area is 174 Å². The second-order valence-electron chi connectivity index (χ2n) is 9.32. The van der Waals surface area contributed by atoms with Crippen molar-refractivity contribution in [1.82, 2.24) is 9.80 Å². The fourth-order valence-corrected chi connectivity index (χ4v) is 4.86. The van der Waals surface area contributed by atoms with Gasteiger partial charge in [0, 0.05) is 19.6 Å². The van der Waals surface area contributed by atoms with Gasteiger partial charge < -0.3 is 9.64 Å². The van der Waals surface area contributed by atoms with E-state index in [0.29, 0.717) is 5.92 Å². The van der Waals surface area contributed by atoms with Crippen LogP contribution in [-0.2, 0) is 4.74 Å². The number of hydrogen-bond acceptors (Lipinski definition) is 3. The molecule has 154 valence electrons. The van der Waals surface area contributed by atoms with Crippen molar-refractivity contribution >= 4 is 6.09 Å². The van der Waals surface area contributed by atoms with Crippen LogP contribution in [0.3, 0.4) is 0 Å². The highest BCUT2D eigenvalue weighted by Gasteiger charge is 2.44. The van der Waals surface area contributed by atoms with Crippen LogP contribution in [0.2, 0.25) is 0 Å². The van der Waals surface area contributed by atoms with E-state index in [1.807, 2.05) is 25.7 Å². The Hall–Kier alpha value is -2.33. The highest BCUT2D eigenvalue weighted by molar-refractivity contribution is 5.69. The molecule has 4 heteroatoms. The number of carbonyl (C=O) groups excluding carboxylic acids is 1. The number of amides is 1. The minimum absolute atomic E-state index is 0.162. The van der Waals surface area contributed by atoms with E-state index in [9.17, 15) is 4.79 Å². The van der Waals surface area contributed by atoms with Crippen LogP contribution in [0.5, 0.6) is 0 Å². The van der Waals surface area contributed by atoms with Gasteiger partial charge in [0.1, 0.15) is 5.60 Å². The lowest BCUT2D eigenvalue weighted by Crippen LogP contribution is -2.50. The Bertz CT molecular complexity index is 776. The topological polar surface area (TPSA) is 32.8 Å². The van der Waals surface area contributed by atoms with Crippen LogP contribution in [0.25, 0.3) is 0 Å². The summed E-state index contributed by atoms with van der Waals surface area (Å²) in [4.78, 5) is 17.4. The summed E-state index contributed by atoms with van der Waals surface area (Å²) in [7, 11) is 0. The molecule has 2 aromatic carbocycles. The number of ether oxygens (including phenoxy) is 1. The summed E-state index contributed by atoms with van der Waals surface area (Å²) in [6.07, 6.45) is 2.07. The molecule has 0 aliphatic carbocycles. The van der Waals surface area contributed by atoms with E-state index < -0.39 is 5.60 Å². The highest BCUT2D eigenvalue weighted by atomic mass is 16.6. The quantitative estimate of drug-likeness (QED) is 0.728. The smallest absolute Gasteiger partial charge is 0.410 e. The molecule has 4 rings (SSSR count). The second-order valence-corrected chi connectivity index (χ2v) is 9.32. The van der Waals surface area contributed by atoms with Gasteiger partial charge >= 0.3 is 6.09 Å². The zero-order valence-electron chi connectivity index (χ0n) is 17.8. The molecule has 2 aliphatic heterocycles. The molecule has 2 atom stereocenters. The van der Waals surface area contributed by atoms with Crippen LogP contribution in [0.15, 0.2) is 60.7 Å². The van der Waals surface area contributed by atoms with Gasteiger partial charge in [-0.05, 0) is 50.7 Å². The average molecular weight is 393 g/mol. The lowest BCUT2D eigenvalue weighted by Gasteiger charge is -2.37. The Morgan fingerprint density at radius 3 is 2.10 bits per heavy atom. The third-order valence-corrected chi connectivity index (χ3v) is 6.03. The largest absolute Gasteiger partial charge is 0.444 e. The molecule has 0 unspecified atom stereocenters. The molecule has 2 heterocycles. The summed E-state index contributed by atoms with van der Waals surface area (Å²) >= 11 is 0. The number of hydrogen-bond donors (Lipinski definition) is 0. The van der Waals surface area contributed by atoms with Gasteiger partial charge in [-0.25, -0.2) is 4.79 Å². The predicted octanol–water partition coefficient (Wildman–Crippen LogP) is 5.11. The van der Waals surface area contributed by atoms with Gasteiger partial charge in [0.2, 0.25) is 0 Å². The molecular formula is C25H32N2O2. The lowest BCUT2D eigenvalue weighted by molar-refractivity contribution is 0.00612. The van der Waals surface area contributed by atoms with Gasteiger partial charge in [-0.3, -0.25) is 4.90 Å². The molecule has 0 N–H and O–H groups in total. The van der Waals surface area contributed by atoms with Crippen molar-refractivity contribution in [1.29, 1.82) is 0 Å². The predicted molar refractivity (Wildman–Crippen MR) is 116 cm³/mol. The van der Waals surface area contributed by atoms with Crippen LogP contribution in [0.1, 0.15) is 50.8 Å². The summed E-state index contributed by atoms with van der Waals surface area (Å²) in [5.41, 5.74) is 2.15. The van der Waals surface area contributed by atoms with Gasteiger partial charge in [0.05, 0.1) is 12.1 Å². The molecule has 29 heavy (non-hydrogen) atoms. The molecule has 0 spiro atoms. The Morgan fingerprint density at radius 1 is 0.966 bits per heavy atom. The Kier molecular flexibility index (Phi) is 5.64. The molecule has 4 nitrogen and oxygen atoms in total. The van der Waals surface area contributed by atoms with E-state index in [0.717, 1.165) is 26.1 Å². The molecule has 0 saturated carbocycles. The summed E-state index contributed by atoms with van der Waals surface area (Å²) in [5.74, 6) is 0.506. The minimum atomic E-state index is -0.459. The number of benzene rings is 2. The monoisotopic (exact) mass is 392 g/mol. The Balaban J connectivity index is 1.59. The summed E-state index contributed by atoms with van der Waals surface area (Å²) < 4.78 is 5.72. The fourth-order valence-electron chi connectivity index (χ4n) is 4.86. The maximum atomic E-state index is 12.9. The molecule has 2 aromatic rings. The van der Waals surface area contributed by atoms with Crippen LogP contribution in [0.4, 0.5) is 4.79 Å². The molecule has 0 aromatic heterocycles. The van der Waals surface area contributed by atoms with Crippen molar-refractivity contribution in [2.24, 2.45) is 5.92 Å². The van der Waals surface area contributed by atoms with Crippen molar-refractivity contribution in [3.05, 3.63) is 71.8 Å². The molecule has 2 aliphatic rings. The average Bonchev–Trinajstić information content (AvgIpc) is 3.12. The van der Waals surface area contributed by atoms with Crippen LogP contribution >= 0.6 is 0 Å². The van der Waals surface area contributed by atoms with Gasteiger partial charge in [-0.2, -0.15) is 0 Å². The third-order valence-electron chi connectivity index (χ3n) is 6.03. The molecular weight excluding hydrogens is 360 g/mol. The standard InChI is InChI=1S/C25H32N2O2/c1-25(2,3)29-24(28)27-16-10-15-21-17-26(18-22(21)27)23(19-11-6-4-7-12-19)20-13-8-5-9-14-20/h4-9,11-14,21-23H,10,15-18H2,1-3H3/t21-,22+/m0/s1. The van der Waals surface area contributed by atoms with E-state index >= 15 is 0 Å². The van der Waals surface area contributed by atoms with Crippen molar-refractivity contribution in [2.75, 3.05) is 19.6 Å². The minimum Gasteiger partial charge on any atom is -0.444 e. The van der Waals surface area contributed by atoms with Crippen LogP contribution in [-0.4, -0.2) is 47.2 Å².